The SMILES string of the molecule is CC[C@H]1CC[C@@H](c2nc3c(ccc4cc5c(cc43)OCc3cc(-c4cnc([C@@H]6CC[C@H](C)N6C(=O)[C@@H](NC(=O)OC)C(C)C)[nH]4)ccc3-5)[nH]2)N1C(=O)C(NC(=O)OC)[C@@H](C)OC. The third-order valence-corrected chi connectivity index (χ3v) is 13.0. The monoisotopic (exact) mass is 848 g/mol. The Labute approximate surface area is 360 Å². The summed E-state index contributed by atoms with van der Waals surface area (Å²) in [5, 5.41) is 7.35. The van der Waals surface area contributed by atoms with Crippen LogP contribution >= 0.6 is 0 Å². The third kappa shape index (κ3) is 7.69. The molecule has 16 nitrogen and oxygen atoms in total. The number of ether oxygens (including phenoxy) is 4. The largest absolute Gasteiger partial charge is 0.488 e. The molecule has 2 aromatic heterocycles. The van der Waals surface area contributed by atoms with Crippen LogP contribution in [-0.4, -0.2) is 105 Å². The Morgan fingerprint density at radius 3 is 2.26 bits per heavy atom. The van der Waals surface area contributed by atoms with E-state index in [1.165, 1.54) is 21.3 Å². The van der Waals surface area contributed by atoms with Crippen LogP contribution in [0.15, 0.2) is 48.7 Å². The molecule has 0 saturated carbocycles. The molecule has 5 aromatic rings. The van der Waals surface area contributed by atoms with Crippen LogP contribution in [0.25, 0.3) is 44.2 Å². The summed E-state index contributed by atoms with van der Waals surface area (Å²) in [5.41, 5.74) is 6.52. The van der Waals surface area contributed by atoms with Gasteiger partial charge in [0.05, 0.1) is 55.3 Å². The fourth-order valence-corrected chi connectivity index (χ4v) is 9.52. The van der Waals surface area contributed by atoms with Gasteiger partial charge in [0.2, 0.25) is 11.8 Å². The average Bonchev–Trinajstić information content (AvgIpc) is 4.11. The number of nitrogens with one attached hydrogen (secondary N) is 4. The molecule has 1 unspecified atom stereocenters. The second kappa shape index (κ2) is 17.3. The molecule has 0 bridgehead atoms. The lowest BCUT2D eigenvalue weighted by Gasteiger charge is -2.34. The lowest BCUT2D eigenvalue weighted by molar-refractivity contribution is -0.140. The zero-order chi connectivity index (χ0) is 44.0. The molecule has 4 N–H and O–H groups in total. The molecule has 5 heterocycles. The molecule has 0 spiro atoms. The van der Waals surface area contributed by atoms with Gasteiger partial charge in [-0.05, 0) is 98.2 Å². The van der Waals surface area contributed by atoms with Crippen LogP contribution in [-0.2, 0) is 30.4 Å². The molecular weight excluding hydrogens is 793 g/mol. The van der Waals surface area contributed by atoms with E-state index < -0.39 is 30.4 Å². The minimum Gasteiger partial charge on any atom is -0.488 e. The zero-order valence-corrected chi connectivity index (χ0v) is 36.5. The molecular formula is C46H56N8O8. The van der Waals surface area contributed by atoms with Gasteiger partial charge in [-0.2, -0.15) is 0 Å². The number of hydrogen-bond donors (Lipinski definition) is 4. The summed E-state index contributed by atoms with van der Waals surface area (Å²) in [4.78, 5) is 73.1. The van der Waals surface area contributed by atoms with Gasteiger partial charge in [-0.25, -0.2) is 19.6 Å². The van der Waals surface area contributed by atoms with Crippen molar-refractivity contribution in [2.75, 3.05) is 21.3 Å². The molecule has 2 saturated heterocycles. The number of alkyl carbamates (subject to hydrolysis) is 2. The summed E-state index contributed by atoms with van der Waals surface area (Å²) in [6, 6.07) is 12.3. The van der Waals surface area contributed by atoms with Crippen LogP contribution in [0.5, 0.6) is 5.75 Å². The number of hydrogen-bond acceptors (Lipinski definition) is 10. The van der Waals surface area contributed by atoms with Crippen LogP contribution in [0, 0.1) is 5.92 Å². The van der Waals surface area contributed by atoms with E-state index in [-0.39, 0.29) is 41.9 Å². The molecule has 0 radical (unpaired) electrons. The molecule has 8 rings (SSSR count). The lowest BCUT2D eigenvalue weighted by atomic mass is 9.92. The fourth-order valence-electron chi connectivity index (χ4n) is 9.52. The van der Waals surface area contributed by atoms with Crippen LogP contribution in [0.3, 0.4) is 0 Å². The van der Waals surface area contributed by atoms with E-state index in [4.69, 9.17) is 28.9 Å². The first kappa shape index (κ1) is 42.5. The van der Waals surface area contributed by atoms with Crippen molar-refractivity contribution in [3.63, 3.8) is 0 Å². The third-order valence-electron chi connectivity index (χ3n) is 13.0. The first-order valence-electron chi connectivity index (χ1n) is 21.5. The van der Waals surface area contributed by atoms with Crippen LogP contribution in [0.2, 0.25) is 0 Å². The Kier molecular flexibility index (Phi) is 11.9. The number of imidazole rings is 2. The standard InChI is InChI=1S/C46H56N8O8/c1-9-29-13-17-36(54(29)44(56)39(25(5)59-6)52-46(58)61-8)42-48-33-15-12-26-19-32-30-14-11-27(18-28(30)22-62-37(32)20-31(26)40(33)50-42)34-21-47-41(49-34)35-16-10-24(4)53(35)43(55)38(23(2)3)51-45(57)60-7/h11-12,14-15,18-21,23-25,29,35-36,38-39H,9-10,13,16-17,22H2,1-8H3,(H,47,49)(H,48,50)(H,51,57)(H,52,58)/t24-,25+,29-,35-,36-,38-,39?/m0/s1. The summed E-state index contributed by atoms with van der Waals surface area (Å²) in [7, 11) is 4.07. The van der Waals surface area contributed by atoms with Gasteiger partial charge in [0, 0.05) is 30.1 Å². The molecule has 3 aromatic carbocycles. The number of benzene rings is 3. The van der Waals surface area contributed by atoms with E-state index in [2.05, 4.69) is 63.9 Å². The minimum atomic E-state index is -0.933. The maximum Gasteiger partial charge on any atom is 0.407 e. The zero-order valence-electron chi connectivity index (χ0n) is 36.5. The van der Waals surface area contributed by atoms with Gasteiger partial charge in [0.1, 0.15) is 36.1 Å². The predicted molar refractivity (Wildman–Crippen MR) is 232 cm³/mol. The smallest absolute Gasteiger partial charge is 0.407 e. The van der Waals surface area contributed by atoms with Crippen molar-refractivity contribution in [1.82, 2.24) is 40.4 Å². The van der Waals surface area contributed by atoms with Crippen molar-refractivity contribution < 1.29 is 38.1 Å². The van der Waals surface area contributed by atoms with Gasteiger partial charge in [-0.15, -0.1) is 0 Å². The molecule has 3 aliphatic heterocycles. The second-order valence-corrected chi connectivity index (χ2v) is 17.0. The molecule has 328 valence electrons. The van der Waals surface area contributed by atoms with Crippen molar-refractivity contribution >= 4 is 45.8 Å². The number of likely N-dealkylation sites (tertiary alicyclic amines) is 2. The summed E-state index contributed by atoms with van der Waals surface area (Å²) in [6.45, 7) is 10.0. The van der Waals surface area contributed by atoms with Crippen molar-refractivity contribution in [3.8, 4) is 28.1 Å². The second-order valence-electron chi connectivity index (χ2n) is 17.0. The molecule has 62 heavy (non-hydrogen) atoms. The topological polar surface area (TPSA) is 193 Å². The van der Waals surface area contributed by atoms with Gasteiger partial charge in [-0.1, -0.05) is 39.0 Å². The van der Waals surface area contributed by atoms with E-state index >= 15 is 0 Å². The summed E-state index contributed by atoms with van der Waals surface area (Å²) >= 11 is 0. The van der Waals surface area contributed by atoms with Gasteiger partial charge >= 0.3 is 12.2 Å². The van der Waals surface area contributed by atoms with Crippen LogP contribution in [0.1, 0.15) is 96.0 Å². The minimum absolute atomic E-state index is 0.0200. The van der Waals surface area contributed by atoms with Gasteiger partial charge in [0.25, 0.3) is 0 Å². The van der Waals surface area contributed by atoms with E-state index in [9.17, 15) is 19.2 Å². The van der Waals surface area contributed by atoms with E-state index in [1.807, 2.05) is 42.8 Å². The van der Waals surface area contributed by atoms with Crippen LogP contribution < -0.4 is 15.4 Å². The molecule has 3 aliphatic rings. The Balaban J connectivity index is 1.05. The highest BCUT2D eigenvalue weighted by Gasteiger charge is 2.44. The Morgan fingerprint density at radius 2 is 1.55 bits per heavy atom. The van der Waals surface area contributed by atoms with E-state index in [0.29, 0.717) is 18.3 Å². The fraction of sp³-hybridized carbons (Fsp3) is 0.478. The van der Waals surface area contributed by atoms with E-state index in [0.717, 1.165) is 87.6 Å². The van der Waals surface area contributed by atoms with Crippen molar-refractivity contribution in [2.24, 2.45) is 5.92 Å². The maximum absolute atomic E-state index is 14.2. The Hall–Kier alpha value is -6.16. The van der Waals surface area contributed by atoms with Crippen molar-refractivity contribution in [1.29, 1.82) is 0 Å². The number of carbonyl (C=O) groups is 4. The highest BCUT2D eigenvalue weighted by atomic mass is 16.5. The van der Waals surface area contributed by atoms with Crippen LogP contribution in [0.4, 0.5) is 9.59 Å². The van der Waals surface area contributed by atoms with Crippen molar-refractivity contribution in [3.05, 3.63) is 65.9 Å². The Morgan fingerprint density at radius 1 is 0.839 bits per heavy atom. The number of methoxy groups -OCH3 is 3. The average molecular weight is 849 g/mol. The highest BCUT2D eigenvalue weighted by molar-refractivity contribution is 6.07. The highest BCUT2D eigenvalue weighted by Crippen LogP contribution is 2.44. The number of aromatic nitrogens is 4. The van der Waals surface area contributed by atoms with Gasteiger partial charge in [0.15, 0.2) is 0 Å². The lowest BCUT2D eigenvalue weighted by Crippen LogP contribution is -2.55. The normalized spacial score (nSPS) is 21.0. The number of rotatable bonds is 11. The predicted octanol–water partition coefficient (Wildman–Crippen LogP) is 7.30. The molecule has 4 amide bonds. The summed E-state index contributed by atoms with van der Waals surface area (Å²) < 4.78 is 21.6. The number of amides is 4. The van der Waals surface area contributed by atoms with Gasteiger partial charge in [-0.3, -0.25) is 9.59 Å². The maximum atomic E-state index is 14.2. The number of carbonyl (C=O) groups excluding carboxylic acids is 4. The summed E-state index contributed by atoms with van der Waals surface area (Å²) in [5.74, 6) is 1.62. The van der Waals surface area contributed by atoms with Gasteiger partial charge < -0.3 is 49.3 Å². The van der Waals surface area contributed by atoms with Crippen molar-refractivity contribution in [2.45, 2.75) is 116 Å². The molecule has 16 heteroatoms. The number of nitrogens with zero attached hydrogens (tertiary/aromatic N) is 4. The number of fused-ring (bicyclic) bond motifs is 6. The molecule has 7 atom stereocenters. The molecule has 2 fully saturated rings. The molecule has 0 aliphatic carbocycles. The summed E-state index contributed by atoms with van der Waals surface area (Å²) in [6.07, 6.45) is 3.74. The Bertz CT molecular complexity index is 2510. The van der Waals surface area contributed by atoms with E-state index in [1.54, 1.807) is 6.92 Å². The quantitative estimate of drug-likeness (QED) is 0.105. The number of H-pyrrole nitrogens is 2. The number of aromatic amines is 2. The first-order valence-corrected chi connectivity index (χ1v) is 21.5. The first-order chi connectivity index (χ1) is 29.8.